The number of hydrogen-bond acceptors (Lipinski definition) is 3. The van der Waals surface area contributed by atoms with Crippen molar-refractivity contribution in [2.45, 2.75) is 26.3 Å². The molecule has 0 spiro atoms. The minimum absolute atomic E-state index is 0.0420. The van der Waals surface area contributed by atoms with Gasteiger partial charge in [-0.3, -0.25) is 4.79 Å². The number of aromatic hydroxyl groups is 1. The molecular weight excluding hydrogens is 384 g/mol. The second-order valence-corrected chi connectivity index (χ2v) is 7.61. The van der Waals surface area contributed by atoms with Crippen molar-refractivity contribution < 1.29 is 9.90 Å². The first-order valence-corrected chi connectivity index (χ1v) is 10.7. The summed E-state index contributed by atoms with van der Waals surface area (Å²) in [6, 6.07) is 23.3. The van der Waals surface area contributed by atoms with Gasteiger partial charge in [0.1, 0.15) is 5.75 Å². The number of amides is 1. The van der Waals surface area contributed by atoms with Gasteiger partial charge in [0, 0.05) is 18.7 Å². The van der Waals surface area contributed by atoms with Crippen LogP contribution in [-0.2, 0) is 13.0 Å². The Kier molecular flexibility index (Phi) is 8.44. The lowest BCUT2D eigenvalue weighted by Crippen LogP contribution is -2.26. The Hall–Kier alpha value is -3.37. The number of nitrogens with one attached hydrogen (secondary N) is 2. The summed E-state index contributed by atoms with van der Waals surface area (Å²) in [7, 11) is 0. The zero-order chi connectivity index (χ0) is 21.9. The van der Waals surface area contributed by atoms with Crippen LogP contribution in [0.25, 0.3) is 6.08 Å². The summed E-state index contributed by atoms with van der Waals surface area (Å²) in [5.74, 6) is 0.238. The molecule has 3 aromatic rings. The van der Waals surface area contributed by atoms with Gasteiger partial charge in [-0.25, -0.2) is 0 Å². The number of aryl methyl sites for hydroxylation is 1. The van der Waals surface area contributed by atoms with E-state index in [1.54, 1.807) is 12.1 Å². The molecule has 0 heterocycles. The van der Waals surface area contributed by atoms with Crippen molar-refractivity contribution in [2.24, 2.45) is 0 Å². The first-order valence-electron chi connectivity index (χ1n) is 10.7. The molecule has 0 radical (unpaired) electrons. The zero-order valence-corrected chi connectivity index (χ0v) is 18.0. The second kappa shape index (κ2) is 11.7. The summed E-state index contributed by atoms with van der Waals surface area (Å²) < 4.78 is 0. The van der Waals surface area contributed by atoms with Gasteiger partial charge in [0.25, 0.3) is 5.91 Å². The van der Waals surface area contributed by atoms with Gasteiger partial charge in [-0.1, -0.05) is 72.3 Å². The number of benzene rings is 3. The average molecular weight is 415 g/mol. The van der Waals surface area contributed by atoms with Crippen molar-refractivity contribution >= 4 is 12.0 Å². The summed E-state index contributed by atoms with van der Waals surface area (Å²) in [6.45, 7) is 4.11. The molecule has 0 unspecified atom stereocenters. The molecule has 4 nitrogen and oxygen atoms in total. The minimum Gasteiger partial charge on any atom is -0.508 e. The highest BCUT2D eigenvalue weighted by atomic mass is 16.3. The standard InChI is InChI=1S/C27H30N2O2/c1-21-9-11-22(12-10-21)6-4-5-18-29-27(31)26-8-3-2-7-24(26)20-28-19-17-23-13-15-25(30)16-14-23/h2-4,6-16,28,30H,5,17-20H2,1H3,(H,29,31)/b6-4+. The van der Waals surface area contributed by atoms with Crippen LogP contribution in [-0.4, -0.2) is 24.1 Å². The van der Waals surface area contributed by atoms with Crippen LogP contribution >= 0.6 is 0 Å². The molecular formula is C27H30N2O2. The maximum absolute atomic E-state index is 12.6. The predicted octanol–water partition coefficient (Wildman–Crippen LogP) is 4.87. The minimum atomic E-state index is -0.0420. The van der Waals surface area contributed by atoms with Crippen molar-refractivity contribution in [3.63, 3.8) is 0 Å². The van der Waals surface area contributed by atoms with Gasteiger partial charge in [0.15, 0.2) is 0 Å². The second-order valence-electron chi connectivity index (χ2n) is 7.61. The molecule has 0 aliphatic rings. The van der Waals surface area contributed by atoms with E-state index in [2.05, 4.69) is 54.0 Å². The Morgan fingerprint density at radius 1 is 0.935 bits per heavy atom. The molecule has 3 aromatic carbocycles. The van der Waals surface area contributed by atoms with Crippen LogP contribution < -0.4 is 10.6 Å². The summed E-state index contributed by atoms with van der Waals surface area (Å²) in [5.41, 5.74) is 5.27. The molecule has 0 atom stereocenters. The van der Waals surface area contributed by atoms with Gasteiger partial charge in [-0.2, -0.15) is 0 Å². The fourth-order valence-corrected chi connectivity index (χ4v) is 3.28. The molecule has 3 rings (SSSR count). The van der Waals surface area contributed by atoms with Gasteiger partial charge >= 0.3 is 0 Å². The monoisotopic (exact) mass is 414 g/mol. The summed E-state index contributed by atoms with van der Waals surface area (Å²) in [5, 5.41) is 15.8. The van der Waals surface area contributed by atoms with Gasteiger partial charge in [-0.05, 0) is 61.2 Å². The van der Waals surface area contributed by atoms with E-state index >= 15 is 0 Å². The Morgan fingerprint density at radius 2 is 1.68 bits per heavy atom. The molecule has 0 saturated heterocycles. The molecule has 1 amide bonds. The van der Waals surface area contributed by atoms with Crippen LogP contribution in [0.2, 0.25) is 0 Å². The van der Waals surface area contributed by atoms with Gasteiger partial charge in [0.2, 0.25) is 0 Å². The Bertz CT molecular complexity index is 993. The Labute approximate surface area is 184 Å². The fraction of sp³-hybridized carbons (Fsp3) is 0.222. The number of phenols is 1. The maximum Gasteiger partial charge on any atom is 0.251 e. The lowest BCUT2D eigenvalue weighted by molar-refractivity contribution is 0.0953. The van der Waals surface area contributed by atoms with E-state index in [-0.39, 0.29) is 11.7 Å². The number of hydrogen-bond donors (Lipinski definition) is 3. The lowest BCUT2D eigenvalue weighted by atomic mass is 10.1. The summed E-state index contributed by atoms with van der Waals surface area (Å²) in [4.78, 5) is 12.6. The van der Waals surface area contributed by atoms with Crippen molar-refractivity contribution in [3.8, 4) is 5.75 Å². The quantitative estimate of drug-likeness (QED) is 0.415. The molecule has 160 valence electrons. The number of rotatable bonds is 10. The van der Waals surface area contributed by atoms with E-state index < -0.39 is 0 Å². The predicted molar refractivity (Wildman–Crippen MR) is 127 cm³/mol. The van der Waals surface area contributed by atoms with Gasteiger partial charge in [-0.15, -0.1) is 0 Å². The molecule has 4 heteroatoms. The van der Waals surface area contributed by atoms with E-state index in [0.717, 1.165) is 30.5 Å². The molecule has 31 heavy (non-hydrogen) atoms. The third-order valence-electron chi connectivity index (χ3n) is 5.09. The maximum atomic E-state index is 12.6. The normalized spacial score (nSPS) is 11.0. The van der Waals surface area contributed by atoms with Crippen molar-refractivity contribution in [1.29, 1.82) is 0 Å². The van der Waals surface area contributed by atoms with E-state index in [4.69, 9.17) is 0 Å². The van der Waals surface area contributed by atoms with Crippen LogP contribution in [0.4, 0.5) is 0 Å². The van der Waals surface area contributed by atoms with E-state index in [9.17, 15) is 9.90 Å². The average Bonchev–Trinajstić information content (AvgIpc) is 2.79. The van der Waals surface area contributed by atoms with E-state index in [0.29, 0.717) is 18.7 Å². The molecule has 0 aliphatic carbocycles. The molecule has 0 fully saturated rings. The van der Waals surface area contributed by atoms with Crippen LogP contribution in [0, 0.1) is 6.92 Å². The smallest absolute Gasteiger partial charge is 0.251 e. The van der Waals surface area contributed by atoms with Crippen molar-refractivity contribution in [3.05, 3.63) is 107 Å². The lowest BCUT2D eigenvalue weighted by Gasteiger charge is -2.11. The largest absolute Gasteiger partial charge is 0.508 e. The molecule has 3 N–H and O–H groups in total. The third kappa shape index (κ3) is 7.43. The molecule has 0 saturated carbocycles. The van der Waals surface area contributed by atoms with E-state index in [1.807, 2.05) is 36.4 Å². The number of phenolic OH excluding ortho intramolecular Hbond substituents is 1. The van der Waals surface area contributed by atoms with Gasteiger partial charge < -0.3 is 15.7 Å². The molecule has 0 bridgehead atoms. The SMILES string of the molecule is Cc1ccc(/C=C/CCNC(=O)c2ccccc2CNCCc2ccc(O)cc2)cc1. The zero-order valence-electron chi connectivity index (χ0n) is 18.0. The number of carbonyl (C=O) groups is 1. The van der Waals surface area contributed by atoms with Crippen molar-refractivity contribution in [1.82, 2.24) is 10.6 Å². The molecule has 0 aliphatic heterocycles. The van der Waals surface area contributed by atoms with Crippen LogP contribution in [0.15, 0.2) is 78.9 Å². The highest BCUT2D eigenvalue weighted by molar-refractivity contribution is 5.95. The first-order chi connectivity index (χ1) is 15.1. The molecule has 0 aromatic heterocycles. The van der Waals surface area contributed by atoms with Gasteiger partial charge in [0.05, 0.1) is 0 Å². The van der Waals surface area contributed by atoms with Crippen LogP contribution in [0.3, 0.4) is 0 Å². The summed E-state index contributed by atoms with van der Waals surface area (Å²) in [6.07, 6.45) is 5.81. The third-order valence-corrected chi connectivity index (χ3v) is 5.09. The highest BCUT2D eigenvalue weighted by Gasteiger charge is 2.09. The first kappa shape index (κ1) is 22.3. The Balaban J connectivity index is 1.43. The topological polar surface area (TPSA) is 61.4 Å². The Morgan fingerprint density at radius 3 is 2.45 bits per heavy atom. The summed E-state index contributed by atoms with van der Waals surface area (Å²) >= 11 is 0. The van der Waals surface area contributed by atoms with Crippen LogP contribution in [0.1, 0.15) is 39.0 Å². The highest BCUT2D eigenvalue weighted by Crippen LogP contribution is 2.11. The number of carbonyl (C=O) groups excluding carboxylic acids is 1. The van der Waals surface area contributed by atoms with Crippen LogP contribution in [0.5, 0.6) is 5.75 Å². The fourth-order valence-electron chi connectivity index (χ4n) is 3.28. The van der Waals surface area contributed by atoms with E-state index in [1.165, 1.54) is 11.1 Å². The van der Waals surface area contributed by atoms with Crippen molar-refractivity contribution in [2.75, 3.05) is 13.1 Å².